The normalized spacial score (nSPS) is 13.9. The minimum absolute atomic E-state index is 0.00529. The van der Waals surface area contributed by atoms with E-state index in [-0.39, 0.29) is 21.1 Å². The van der Waals surface area contributed by atoms with E-state index >= 15 is 0 Å². The van der Waals surface area contributed by atoms with E-state index in [0.717, 1.165) is 13.0 Å². The Bertz CT molecular complexity index is 262. The maximum Gasteiger partial charge on any atom is 0.198 e. The fraction of sp³-hybridized carbons (Fsp3) is 0.929. The lowest BCUT2D eigenvalue weighted by Gasteiger charge is -2.36. The van der Waals surface area contributed by atoms with Crippen LogP contribution in [0.1, 0.15) is 61.3 Å². The summed E-state index contributed by atoms with van der Waals surface area (Å²) in [7, 11) is 0. The summed E-state index contributed by atoms with van der Waals surface area (Å²) in [5.41, 5.74) is -0.0167. The first-order valence-corrected chi connectivity index (χ1v) is 6.95. The SMILES string of the molecule is CC(C)(COC(C)(C)C)CC(C)(C)CC(=O)Br. The Morgan fingerprint density at radius 1 is 1.00 bits per heavy atom. The summed E-state index contributed by atoms with van der Waals surface area (Å²) in [6.07, 6.45) is 1.53. The molecule has 0 amide bonds. The van der Waals surface area contributed by atoms with Gasteiger partial charge in [0.15, 0.2) is 4.69 Å². The van der Waals surface area contributed by atoms with E-state index < -0.39 is 0 Å². The largest absolute Gasteiger partial charge is 0.375 e. The second kappa shape index (κ2) is 5.83. The monoisotopic (exact) mass is 306 g/mol. The average molecular weight is 307 g/mol. The molecule has 17 heavy (non-hydrogen) atoms. The standard InChI is InChI=1S/C14H27BrO2/c1-12(2,3)17-10-14(6,7)9-13(4,5)8-11(15)16/h8-10H2,1-7H3. The van der Waals surface area contributed by atoms with Crippen molar-refractivity contribution in [2.45, 2.75) is 66.9 Å². The molecule has 0 heterocycles. The Labute approximate surface area is 115 Å². The Balaban J connectivity index is 4.37. The van der Waals surface area contributed by atoms with Crippen molar-refractivity contribution in [1.82, 2.24) is 0 Å². The fourth-order valence-electron chi connectivity index (χ4n) is 2.20. The molecule has 102 valence electrons. The maximum atomic E-state index is 11.1. The summed E-state index contributed by atoms with van der Waals surface area (Å²) in [4.78, 5) is 11.1. The Kier molecular flexibility index (Phi) is 5.87. The smallest absolute Gasteiger partial charge is 0.198 e. The molecule has 0 aromatic carbocycles. The molecule has 0 aromatic heterocycles. The van der Waals surface area contributed by atoms with Crippen molar-refractivity contribution < 1.29 is 9.53 Å². The van der Waals surface area contributed by atoms with Crippen LogP contribution in [0.5, 0.6) is 0 Å². The molecule has 0 saturated heterocycles. The van der Waals surface area contributed by atoms with Gasteiger partial charge < -0.3 is 4.74 Å². The minimum Gasteiger partial charge on any atom is -0.375 e. The van der Waals surface area contributed by atoms with Crippen molar-refractivity contribution in [3.8, 4) is 0 Å². The summed E-state index contributed by atoms with van der Waals surface area (Å²) >= 11 is 3.02. The zero-order valence-corrected chi connectivity index (χ0v) is 13.9. The summed E-state index contributed by atoms with van der Waals surface area (Å²) < 4.78 is 5.93. The van der Waals surface area contributed by atoms with Crippen molar-refractivity contribution in [3.05, 3.63) is 0 Å². The number of carbonyl (C=O) groups excluding carboxylic acids is 1. The Morgan fingerprint density at radius 3 is 1.82 bits per heavy atom. The molecule has 0 spiro atoms. The van der Waals surface area contributed by atoms with Crippen molar-refractivity contribution in [2.24, 2.45) is 10.8 Å². The number of ether oxygens (including phenoxy) is 1. The quantitative estimate of drug-likeness (QED) is 0.673. The van der Waals surface area contributed by atoms with Crippen LogP contribution in [-0.2, 0) is 9.53 Å². The number of hydrogen-bond acceptors (Lipinski definition) is 2. The van der Waals surface area contributed by atoms with Gasteiger partial charge in [0.2, 0.25) is 0 Å². The first-order chi connectivity index (χ1) is 7.33. The third-order valence-corrected chi connectivity index (χ3v) is 2.75. The third kappa shape index (κ3) is 9.78. The van der Waals surface area contributed by atoms with Crippen LogP contribution in [0.25, 0.3) is 0 Å². The molecule has 3 heteroatoms. The van der Waals surface area contributed by atoms with Gasteiger partial charge in [-0.1, -0.05) is 27.7 Å². The van der Waals surface area contributed by atoms with Crippen molar-refractivity contribution >= 4 is 20.6 Å². The van der Waals surface area contributed by atoms with Gasteiger partial charge in [0.25, 0.3) is 0 Å². The van der Waals surface area contributed by atoms with E-state index in [0.29, 0.717) is 6.42 Å². The van der Waals surface area contributed by atoms with Crippen LogP contribution < -0.4 is 0 Å². The molecule has 0 atom stereocenters. The molecule has 0 N–H and O–H groups in total. The number of carbonyl (C=O) groups is 1. The predicted molar refractivity (Wildman–Crippen MR) is 76.4 cm³/mol. The van der Waals surface area contributed by atoms with Gasteiger partial charge in [-0.2, -0.15) is 0 Å². The molecule has 0 aliphatic carbocycles. The van der Waals surface area contributed by atoms with Gasteiger partial charge in [0, 0.05) is 6.42 Å². The molecule has 0 radical (unpaired) electrons. The highest BCUT2D eigenvalue weighted by Crippen LogP contribution is 2.37. The lowest BCUT2D eigenvalue weighted by atomic mass is 9.74. The maximum absolute atomic E-state index is 11.1. The van der Waals surface area contributed by atoms with Gasteiger partial charge in [-0.3, -0.25) is 4.79 Å². The molecule has 0 aromatic rings. The number of hydrogen-bond donors (Lipinski definition) is 0. The average Bonchev–Trinajstić information content (AvgIpc) is 1.94. The van der Waals surface area contributed by atoms with E-state index in [2.05, 4.69) is 64.4 Å². The Morgan fingerprint density at radius 2 is 1.47 bits per heavy atom. The predicted octanol–water partition coefficient (Wildman–Crippen LogP) is 4.56. The molecule has 0 unspecified atom stereocenters. The van der Waals surface area contributed by atoms with E-state index in [9.17, 15) is 4.79 Å². The highest BCUT2D eigenvalue weighted by Gasteiger charge is 2.31. The third-order valence-electron chi connectivity index (χ3n) is 2.47. The van der Waals surface area contributed by atoms with Gasteiger partial charge in [0.05, 0.1) is 12.2 Å². The molecule has 0 saturated carbocycles. The number of halogens is 1. The van der Waals surface area contributed by atoms with Crippen LogP contribution in [-0.4, -0.2) is 16.9 Å². The topological polar surface area (TPSA) is 26.3 Å². The van der Waals surface area contributed by atoms with E-state index in [1.807, 2.05) is 0 Å². The number of rotatable bonds is 6. The molecule has 0 fully saturated rings. The second-order valence-corrected chi connectivity index (χ2v) is 8.32. The van der Waals surface area contributed by atoms with Crippen molar-refractivity contribution in [2.75, 3.05) is 6.61 Å². The zero-order valence-electron chi connectivity index (χ0n) is 12.3. The van der Waals surface area contributed by atoms with Crippen LogP contribution in [0.2, 0.25) is 0 Å². The van der Waals surface area contributed by atoms with Crippen molar-refractivity contribution in [3.63, 3.8) is 0 Å². The van der Waals surface area contributed by atoms with Gasteiger partial charge >= 0.3 is 0 Å². The highest BCUT2D eigenvalue weighted by molar-refractivity contribution is 9.18. The first-order valence-electron chi connectivity index (χ1n) is 6.15. The second-order valence-electron chi connectivity index (χ2n) is 7.44. The van der Waals surface area contributed by atoms with Crippen LogP contribution in [0, 0.1) is 10.8 Å². The molecule has 0 rings (SSSR count). The highest BCUT2D eigenvalue weighted by atomic mass is 79.9. The van der Waals surface area contributed by atoms with Gasteiger partial charge in [-0.25, -0.2) is 0 Å². The molecule has 0 bridgehead atoms. The lowest BCUT2D eigenvalue weighted by Crippen LogP contribution is -2.32. The van der Waals surface area contributed by atoms with Crippen molar-refractivity contribution in [1.29, 1.82) is 0 Å². The van der Waals surface area contributed by atoms with Gasteiger partial charge in [-0.05, 0) is 54.0 Å². The van der Waals surface area contributed by atoms with Gasteiger partial charge in [0.1, 0.15) is 0 Å². The van der Waals surface area contributed by atoms with Crippen LogP contribution in [0.4, 0.5) is 0 Å². The van der Waals surface area contributed by atoms with Crippen LogP contribution in [0.3, 0.4) is 0 Å². The van der Waals surface area contributed by atoms with E-state index in [1.165, 1.54) is 0 Å². The Hall–Kier alpha value is 0.110. The zero-order chi connectivity index (χ0) is 13.9. The fourth-order valence-corrected chi connectivity index (χ4v) is 2.96. The van der Waals surface area contributed by atoms with E-state index in [4.69, 9.17) is 4.74 Å². The van der Waals surface area contributed by atoms with Crippen LogP contribution >= 0.6 is 15.9 Å². The van der Waals surface area contributed by atoms with E-state index in [1.54, 1.807) is 0 Å². The summed E-state index contributed by atoms with van der Waals surface area (Å²) in [6, 6.07) is 0. The summed E-state index contributed by atoms with van der Waals surface area (Å²) in [5, 5.41) is 0. The van der Waals surface area contributed by atoms with Gasteiger partial charge in [-0.15, -0.1) is 0 Å². The van der Waals surface area contributed by atoms with Crippen LogP contribution in [0.15, 0.2) is 0 Å². The molecular weight excluding hydrogens is 280 g/mol. The summed E-state index contributed by atoms with van der Waals surface area (Å²) in [6.45, 7) is 15.6. The molecule has 0 aliphatic rings. The lowest BCUT2D eigenvalue weighted by molar-refractivity contribution is -0.113. The molecule has 2 nitrogen and oxygen atoms in total. The molecule has 0 aliphatic heterocycles. The molecular formula is C14H27BrO2. The first kappa shape index (κ1) is 17.1. The minimum atomic E-state index is -0.105. The summed E-state index contributed by atoms with van der Waals surface area (Å²) in [5.74, 6) is 0.